The third-order valence-corrected chi connectivity index (χ3v) is 3.73. The number of rotatable bonds is 4. The molecule has 2 N–H and O–H groups in total. The van der Waals surface area contributed by atoms with E-state index in [1.54, 1.807) is 12.1 Å². The topological polar surface area (TPSA) is 101 Å². The Hall–Kier alpha value is -3.62. The third-order valence-electron chi connectivity index (χ3n) is 3.73. The van der Waals surface area contributed by atoms with Gasteiger partial charge in [-0.05, 0) is 25.1 Å². The van der Waals surface area contributed by atoms with Crippen LogP contribution >= 0.6 is 0 Å². The highest BCUT2D eigenvalue weighted by Crippen LogP contribution is 2.17. The summed E-state index contributed by atoms with van der Waals surface area (Å²) in [6.45, 7) is 1.28. The van der Waals surface area contributed by atoms with Crippen molar-refractivity contribution in [2.24, 2.45) is 0 Å². The van der Waals surface area contributed by atoms with Gasteiger partial charge in [0.15, 0.2) is 11.8 Å². The van der Waals surface area contributed by atoms with Crippen molar-refractivity contribution in [1.29, 1.82) is 0 Å². The van der Waals surface area contributed by atoms with E-state index in [9.17, 15) is 23.2 Å². The number of esters is 1. The van der Waals surface area contributed by atoms with Gasteiger partial charge in [0.1, 0.15) is 11.6 Å². The lowest BCUT2D eigenvalue weighted by atomic mass is 10.1. The molecule has 1 unspecified atom stereocenters. The Bertz CT molecular complexity index is 1100. The molecule has 27 heavy (non-hydrogen) atoms. The maximum Gasteiger partial charge on any atom is 0.360 e. The van der Waals surface area contributed by atoms with E-state index in [4.69, 9.17) is 4.74 Å². The first-order valence-corrected chi connectivity index (χ1v) is 7.81. The molecule has 3 aromatic rings. The summed E-state index contributed by atoms with van der Waals surface area (Å²) in [6.07, 6.45) is -1.30. The summed E-state index contributed by atoms with van der Waals surface area (Å²) < 4.78 is 31.6. The predicted octanol–water partition coefficient (Wildman–Crippen LogP) is 2.39. The average molecular weight is 373 g/mol. The van der Waals surface area contributed by atoms with Crippen LogP contribution in [0.15, 0.2) is 47.3 Å². The van der Waals surface area contributed by atoms with Gasteiger partial charge in [0.05, 0.1) is 11.1 Å². The van der Waals surface area contributed by atoms with Crippen molar-refractivity contribution in [1.82, 2.24) is 10.2 Å². The Morgan fingerprint density at radius 1 is 1.15 bits per heavy atom. The van der Waals surface area contributed by atoms with Crippen LogP contribution < -0.4 is 10.9 Å². The highest BCUT2D eigenvalue weighted by atomic mass is 19.1. The Morgan fingerprint density at radius 2 is 1.85 bits per heavy atom. The molecule has 0 saturated carbocycles. The van der Waals surface area contributed by atoms with Gasteiger partial charge in [-0.2, -0.15) is 5.10 Å². The van der Waals surface area contributed by atoms with Crippen LogP contribution in [-0.2, 0) is 9.53 Å². The summed E-state index contributed by atoms with van der Waals surface area (Å²) in [5.74, 6) is -3.51. The zero-order chi connectivity index (χ0) is 19.6. The highest BCUT2D eigenvalue weighted by Gasteiger charge is 2.23. The first kappa shape index (κ1) is 18.2. The van der Waals surface area contributed by atoms with Crippen molar-refractivity contribution in [3.8, 4) is 0 Å². The molecule has 0 aliphatic carbocycles. The molecule has 9 heteroatoms. The summed E-state index contributed by atoms with van der Waals surface area (Å²) in [7, 11) is 0. The highest BCUT2D eigenvalue weighted by molar-refractivity contribution is 6.03. The van der Waals surface area contributed by atoms with Crippen LogP contribution in [0, 0.1) is 11.6 Å². The zero-order valence-corrected chi connectivity index (χ0v) is 14.0. The van der Waals surface area contributed by atoms with E-state index in [0.717, 1.165) is 12.1 Å². The van der Waals surface area contributed by atoms with Crippen molar-refractivity contribution in [2.45, 2.75) is 13.0 Å². The molecular formula is C18H13F2N3O4. The Labute approximate surface area is 151 Å². The van der Waals surface area contributed by atoms with E-state index in [2.05, 4.69) is 15.5 Å². The van der Waals surface area contributed by atoms with Crippen LogP contribution in [0.1, 0.15) is 17.4 Å². The van der Waals surface area contributed by atoms with Crippen molar-refractivity contribution >= 4 is 28.3 Å². The second-order valence-corrected chi connectivity index (χ2v) is 5.61. The van der Waals surface area contributed by atoms with E-state index in [1.165, 1.54) is 19.1 Å². The van der Waals surface area contributed by atoms with Gasteiger partial charge >= 0.3 is 5.97 Å². The number of hydrogen-bond acceptors (Lipinski definition) is 5. The van der Waals surface area contributed by atoms with Gasteiger partial charge in [-0.15, -0.1) is 0 Å². The minimum Gasteiger partial charge on any atom is -0.448 e. The summed E-state index contributed by atoms with van der Waals surface area (Å²) in [5.41, 5.74) is -0.894. The fraction of sp³-hybridized carbons (Fsp3) is 0.111. The number of hydrogen-bond donors (Lipinski definition) is 2. The normalized spacial score (nSPS) is 11.8. The van der Waals surface area contributed by atoms with Gasteiger partial charge in [-0.1, -0.05) is 18.2 Å². The monoisotopic (exact) mass is 373 g/mol. The quantitative estimate of drug-likeness (QED) is 0.684. The van der Waals surface area contributed by atoms with E-state index in [1.807, 2.05) is 0 Å². The number of H-pyrrole nitrogens is 1. The largest absolute Gasteiger partial charge is 0.448 e. The van der Waals surface area contributed by atoms with Crippen molar-refractivity contribution < 1.29 is 23.1 Å². The zero-order valence-electron chi connectivity index (χ0n) is 14.0. The lowest BCUT2D eigenvalue weighted by molar-refractivity contribution is -0.123. The summed E-state index contributed by atoms with van der Waals surface area (Å²) >= 11 is 0. The summed E-state index contributed by atoms with van der Waals surface area (Å²) in [4.78, 5) is 36.2. The van der Waals surface area contributed by atoms with E-state index in [0.29, 0.717) is 6.07 Å². The Kier molecular flexibility index (Phi) is 4.93. The van der Waals surface area contributed by atoms with E-state index < -0.39 is 35.2 Å². The predicted molar refractivity (Wildman–Crippen MR) is 92.2 cm³/mol. The molecule has 138 valence electrons. The van der Waals surface area contributed by atoms with Gasteiger partial charge in [-0.25, -0.2) is 18.7 Å². The van der Waals surface area contributed by atoms with Crippen LogP contribution in [0.5, 0.6) is 0 Å². The fourth-order valence-electron chi connectivity index (χ4n) is 2.37. The number of anilines is 1. The number of aromatic nitrogens is 2. The number of carbonyl (C=O) groups excluding carboxylic acids is 2. The molecule has 7 nitrogen and oxygen atoms in total. The number of carbonyl (C=O) groups is 2. The van der Waals surface area contributed by atoms with Gasteiger partial charge in [-0.3, -0.25) is 9.59 Å². The molecule has 0 aliphatic heterocycles. The molecule has 0 bridgehead atoms. The molecule has 0 radical (unpaired) electrons. The molecule has 0 aliphatic rings. The van der Waals surface area contributed by atoms with Gasteiger partial charge in [0, 0.05) is 11.5 Å². The lowest BCUT2D eigenvalue weighted by Crippen LogP contribution is -2.31. The molecule has 1 amide bonds. The van der Waals surface area contributed by atoms with Crippen LogP contribution in [0.4, 0.5) is 14.5 Å². The SMILES string of the molecule is CC(OC(=O)c1n[nH]c(=O)c2ccccc12)C(=O)Nc1ccc(F)cc1F. The third kappa shape index (κ3) is 3.81. The molecule has 0 saturated heterocycles. The minimum absolute atomic E-state index is 0.169. The van der Waals surface area contributed by atoms with Crippen molar-refractivity contribution in [2.75, 3.05) is 5.32 Å². The number of fused-ring (bicyclic) bond motifs is 1. The minimum atomic E-state index is -1.30. The van der Waals surface area contributed by atoms with Crippen LogP contribution in [-0.4, -0.2) is 28.2 Å². The van der Waals surface area contributed by atoms with Crippen LogP contribution in [0.3, 0.4) is 0 Å². The summed E-state index contributed by atoms with van der Waals surface area (Å²) in [6, 6.07) is 8.92. The fourth-order valence-corrected chi connectivity index (χ4v) is 2.37. The molecule has 2 aromatic carbocycles. The van der Waals surface area contributed by atoms with Gasteiger partial charge in [0.2, 0.25) is 0 Å². The maximum atomic E-state index is 13.6. The molecule has 1 aromatic heterocycles. The number of amides is 1. The number of aromatic amines is 1. The van der Waals surface area contributed by atoms with E-state index in [-0.39, 0.29) is 22.2 Å². The molecule has 0 fully saturated rings. The van der Waals surface area contributed by atoms with Crippen LogP contribution in [0.25, 0.3) is 10.8 Å². The maximum absolute atomic E-state index is 13.6. The Morgan fingerprint density at radius 3 is 2.56 bits per heavy atom. The average Bonchev–Trinajstić information content (AvgIpc) is 2.64. The number of nitrogens with one attached hydrogen (secondary N) is 2. The number of nitrogens with zero attached hydrogens (tertiary/aromatic N) is 1. The first-order chi connectivity index (χ1) is 12.9. The Balaban J connectivity index is 1.77. The molecule has 1 heterocycles. The standard InChI is InChI=1S/C18H13F2N3O4/c1-9(16(24)21-14-7-6-10(19)8-13(14)20)27-18(26)15-11-4-2-3-5-12(11)17(25)23-22-15/h2-9H,1H3,(H,21,24)(H,23,25). The van der Waals surface area contributed by atoms with E-state index >= 15 is 0 Å². The van der Waals surface area contributed by atoms with Gasteiger partial charge < -0.3 is 10.1 Å². The molecule has 1 atom stereocenters. The molecule has 3 rings (SSSR count). The van der Waals surface area contributed by atoms with Gasteiger partial charge in [0.25, 0.3) is 11.5 Å². The summed E-state index contributed by atoms with van der Waals surface area (Å²) in [5, 5.41) is 8.58. The first-order valence-electron chi connectivity index (χ1n) is 7.81. The van der Waals surface area contributed by atoms with Crippen LogP contribution in [0.2, 0.25) is 0 Å². The molecular weight excluding hydrogens is 360 g/mol. The number of benzene rings is 2. The number of halogens is 2. The van der Waals surface area contributed by atoms with Crippen molar-refractivity contribution in [3.63, 3.8) is 0 Å². The molecule has 0 spiro atoms. The van der Waals surface area contributed by atoms with Crippen molar-refractivity contribution in [3.05, 3.63) is 70.1 Å². The number of ether oxygens (including phenoxy) is 1. The smallest absolute Gasteiger partial charge is 0.360 e. The second kappa shape index (κ2) is 7.32. The second-order valence-electron chi connectivity index (χ2n) is 5.61. The lowest BCUT2D eigenvalue weighted by Gasteiger charge is -2.14.